The molecule has 2 fully saturated rings. The fraction of sp³-hybridized carbons (Fsp3) is 0.500. The second-order valence-corrected chi connectivity index (χ2v) is 8.60. The molecule has 7 nitrogen and oxygen atoms in total. The van der Waals surface area contributed by atoms with Crippen molar-refractivity contribution in [2.75, 3.05) is 24.6 Å². The number of hydrogen-bond acceptors (Lipinski definition) is 5. The predicted octanol–water partition coefficient (Wildman–Crippen LogP) is 2.36. The molecule has 0 amide bonds. The van der Waals surface area contributed by atoms with Crippen LogP contribution < -0.4 is 20.8 Å². The van der Waals surface area contributed by atoms with E-state index in [0.29, 0.717) is 12.8 Å². The molecule has 10 heteroatoms. The number of pyridine rings is 1. The summed E-state index contributed by atoms with van der Waals surface area (Å²) < 4.78 is 51.9. The summed E-state index contributed by atoms with van der Waals surface area (Å²) in [7, 11) is 0. The first-order chi connectivity index (χ1) is 14.0. The highest BCUT2D eigenvalue weighted by Gasteiger charge is 2.61. The molecule has 0 radical (unpaired) electrons. The maximum absolute atomic E-state index is 15.2. The van der Waals surface area contributed by atoms with Gasteiger partial charge in [-0.25, -0.2) is 18.0 Å². The van der Waals surface area contributed by atoms with Gasteiger partial charge in [0.15, 0.2) is 11.6 Å². The summed E-state index contributed by atoms with van der Waals surface area (Å²) in [5.74, 6) is -6.54. The normalized spacial score (nSPS) is 26.0. The van der Waals surface area contributed by atoms with Crippen LogP contribution in [0.5, 0.6) is 5.75 Å². The molecule has 2 aliphatic heterocycles. The van der Waals surface area contributed by atoms with Gasteiger partial charge in [0.2, 0.25) is 5.43 Å². The quantitative estimate of drug-likeness (QED) is 0.787. The topological polar surface area (TPSA) is 97.8 Å². The number of carbonyl (C=O) groups is 1. The van der Waals surface area contributed by atoms with Gasteiger partial charge in [-0.1, -0.05) is 0 Å². The Morgan fingerprint density at radius 2 is 2.07 bits per heavy atom. The number of anilines is 1. The van der Waals surface area contributed by atoms with Gasteiger partial charge in [-0.05, 0) is 25.8 Å². The third-order valence-electron chi connectivity index (χ3n) is 6.52. The maximum Gasteiger partial charge on any atom is 0.341 e. The maximum atomic E-state index is 15.2. The van der Waals surface area contributed by atoms with Gasteiger partial charge in [0.05, 0.1) is 29.4 Å². The molecule has 5 rings (SSSR count). The minimum Gasteiger partial charge on any atom is -0.487 e. The highest BCUT2D eigenvalue weighted by atomic mass is 19.3. The van der Waals surface area contributed by atoms with Crippen LogP contribution in [0.1, 0.15) is 36.2 Å². The number of nitrogens with zero attached hydrogens (tertiary/aromatic N) is 2. The Kier molecular flexibility index (Phi) is 3.78. The van der Waals surface area contributed by atoms with E-state index in [4.69, 9.17) is 10.5 Å². The number of carboxylic acid groups (broad SMARTS) is 1. The van der Waals surface area contributed by atoms with E-state index in [9.17, 15) is 23.5 Å². The monoisotopic (exact) mass is 423 g/mol. The van der Waals surface area contributed by atoms with Crippen molar-refractivity contribution in [1.29, 1.82) is 0 Å². The van der Waals surface area contributed by atoms with E-state index in [-0.39, 0.29) is 41.5 Å². The van der Waals surface area contributed by atoms with Crippen molar-refractivity contribution in [3.63, 3.8) is 0 Å². The van der Waals surface area contributed by atoms with Crippen molar-refractivity contribution in [3.8, 4) is 5.75 Å². The van der Waals surface area contributed by atoms with Crippen LogP contribution >= 0.6 is 0 Å². The lowest BCUT2D eigenvalue weighted by molar-refractivity contribution is -0.0332. The molecule has 1 aromatic carbocycles. The number of benzene rings is 1. The number of halogens is 3. The highest BCUT2D eigenvalue weighted by Crippen LogP contribution is 2.52. The fourth-order valence-corrected chi connectivity index (χ4v) is 4.71. The van der Waals surface area contributed by atoms with Crippen molar-refractivity contribution in [3.05, 3.63) is 33.9 Å². The van der Waals surface area contributed by atoms with Crippen LogP contribution in [0.15, 0.2) is 17.1 Å². The molecule has 3 aliphatic rings. The first-order valence-corrected chi connectivity index (χ1v) is 9.72. The molecular weight excluding hydrogens is 403 g/mol. The standard InChI is InChI=1S/C20H20F3N3O4/c1-9-7-30-17-14-10(16(27)11(18(28)29)5-26(9)14)4-12(21)15(17)25-6-13(19(24)2-3-19)20(22,23)8-25/h4-5,9,13H,2-3,6-8,24H2,1H3,(H,28,29)/t9-,13+/m0/s1. The smallest absolute Gasteiger partial charge is 0.341 e. The number of ether oxygens (including phenoxy) is 1. The van der Waals surface area contributed by atoms with Crippen LogP contribution in [0.2, 0.25) is 0 Å². The number of alkyl halides is 2. The molecule has 3 heterocycles. The first kappa shape index (κ1) is 19.2. The number of aromatic nitrogens is 1. The number of nitrogens with two attached hydrogens (primary N) is 1. The summed E-state index contributed by atoms with van der Waals surface area (Å²) in [6.07, 6.45) is 2.20. The molecular formula is C20H20F3N3O4. The number of aromatic carboxylic acids is 1. The Morgan fingerprint density at radius 1 is 1.37 bits per heavy atom. The molecule has 2 aromatic rings. The summed E-state index contributed by atoms with van der Waals surface area (Å²) in [6.45, 7) is 0.999. The average Bonchev–Trinajstić information content (AvgIpc) is 3.31. The van der Waals surface area contributed by atoms with Crippen LogP contribution in [0.3, 0.4) is 0 Å². The SMILES string of the molecule is C[C@H]1COc2c(N3C[C@H](C4(N)CC4)C(F)(F)C3)c(F)cc3c(=O)c(C(=O)O)cn1c23. The van der Waals surface area contributed by atoms with Crippen LogP contribution in [-0.4, -0.2) is 46.8 Å². The molecule has 160 valence electrons. The summed E-state index contributed by atoms with van der Waals surface area (Å²) >= 11 is 0. The van der Waals surface area contributed by atoms with E-state index in [1.54, 1.807) is 11.5 Å². The molecule has 2 atom stereocenters. The summed E-state index contributed by atoms with van der Waals surface area (Å²) in [5.41, 5.74) is 3.84. The van der Waals surface area contributed by atoms with Crippen molar-refractivity contribution >= 4 is 22.6 Å². The van der Waals surface area contributed by atoms with Crippen LogP contribution in [0.4, 0.5) is 18.9 Å². The Hall–Kier alpha value is -2.75. The molecule has 1 saturated carbocycles. The minimum absolute atomic E-state index is 0.0181. The Balaban J connectivity index is 1.72. The number of rotatable bonds is 3. The van der Waals surface area contributed by atoms with Gasteiger partial charge in [-0.2, -0.15) is 0 Å². The average molecular weight is 423 g/mol. The molecule has 3 N–H and O–H groups in total. The van der Waals surface area contributed by atoms with E-state index < -0.39 is 46.7 Å². The Bertz CT molecular complexity index is 1160. The first-order valence-electron chi connectivity index (χ1n) is 9.72. The van der Waals surface area contributed by atoms with Crippen LogP contribution in [-0.2, 0) is 0 Å². The van der Waals surface area contributed by atoms with Crippen molar-refractivity contribution in [2.45, 2.75) is 37.3 Å². The van der Waals surface area contributed by atoms with Crippen LogP contribution in [0, 0.1) is 11.7 Å². The van der Waals surface area contributed by atoms with E-state index >= 15 is 4.39 Å². The lowest BCUT2D eigenvalue weighted by Gasteiger charge is -2.31. The third-order valence-corrected chi connectivity index (χ3v) is 6.52. The van der Waals surface area contributed by atoms with E-state index in [0.717, 1.165) is 6.07 Å². The molecule has 1 aliphatic carbocycles. The lowest BCUT2D eigenvalue weighted by Crippen LogP contribution is -2.43. The molecule has 0 spiro atoms. The molecule has 30 heavy (non-hydrogen) atoms. The zero-order valence-corrected chi connectivity index (χ0v) is 16.1. The van der Waals surface area contributed by atoms with Gasteiger partial charge in [-0.3, -0.25) is 4.79 Å². The van der Waals surface area contributed by atoms with Crippen molar-refractivity contribution < 1.29 is 27.8 Å². The summed E-state index contributed by atoms with van der Waals surface area (Å²) in [6, 6.07) is 0.588. The van der Waals surface area contributed by atoms with Gasteiger partial charge >= 0.3 is 5.97 Å². The zero-order chi connectivity index (χ0) is 21.6. The molecule has 1 saturated heterocycles. The summed E-state index contributed by atoms with van der Waals surface area (Å²) in [5, 5.41) is 9.19. The highest BCUT2D eigenvalue weighted by molar-refractivity contribution is 5.97. The fourth-order valence-electron chi connectivity index (χ4n) is 4.71. The molecule has 0 unspecified atom stereocenters. The predicted molar refractivity (Wildman–Crippen MR) is 102 cm³/mol. The lowest BCUT2D eigenvalue weighted by atomic mass is 9.94. The van der Waals surface area contributed by atoms with Gasteiger partial charge in [0.25, 0.3) is 5.92 Å². The van der Waals surface area contributed by atoms with Crippen LogP contribution in [0.25, 0.3) is 10.9 Å². The van der Waals surface area contributed by atoms with Gasteiger partial charge < -0.3 is 25.0 Å². The Labute approximate surface area is 168 Å². The molecule has 1 aromatic heterocycles. The summed E-state index contributed by atoms with van der Waals surface area (Å²) in [4.78, 5) is 25.3. The number of carboxylic acids is 1. The van der Waals surface area contributed by atoms with Gasteiger partial charge in [0, 0.05) is 18.3 Å². The molecule has 0 bridgehead atoms. The van der Waals surface area contributed by atoms with E-state index in [1.165, 1.54) is 11.1 Å². The number of hydrogen-bond donors (Lipinski definition) is 2. The Morgan fingerprint density at radius 3 is 2.70 bits per heavy atom. The minimum atomic E-state index is -3.09. The second kappa shape index (κ2) is 5.90. The van der Waals surface area contributed by atoms with Gasteiger partial charge in [0.1, 0.15) is 17.9 Å². The largest absolute Gasteiger partial charge is 0.487 e. The van der Waals surface area contributed by atoms with Gasteiger partial charge in [-0.15, -0.1) is 0 Å². The van der Waals surface area contributed by atoms with Crippen molar-refractivity contribution in [1.82, 2.24) is 4.57 Å². The second-order valence-electron chi connectivity index (χ2n) is 8.60. The van der Waals surface area contributed by atoms with E-state index in [1.807, 2.05) is 0 Å². The van der Waals surface area contributed by atoms with E-state index in [2.05, 4.69) is 0 Å². The zero-order valence-electron chi connectivity index (χ0n) is 16.1. The van der Waals surface area contributed by atoms with Crippen molar-refractivity contribution in [2.24, 2.45) is 11.7 Å². The third kappa shape index (κ3) is 2.55.